The quantitative estimate of drug-likeness (QED) is 0.848. The lowest BCUT2D eigenvalue weighted by Gasteiger charge is -2.23. The lowest BCUT2D eigenvalue weighted by atomic mass is 10.2. The maximum atomic E-state index is 11.7. The molecule has 1 aliphatic heterocycles. The Morgan fingerprint density at radius 1 is 1.45 bits per heavy atom. The van der Waals surface area contributed by atoms with Gasteiger partial charge in [-0.15, -0.1) is 24.8 Å². The Bertz CT molecular complexity index is 373. The lowest BCUT2D eigenvalue weighted by Crippen LogP contribution is -2.41. The van der Waals surface area contributed by atoms with Gasteiger partial charge in [-0.3, -0.25) is 9.78 Å². The first-order valence-electron chi connectivity index (χ1n) is 6.33. The normalized spacial score (nSPS) is 17.5. The summed E-state index contributed by atoms with van der Waals surface area (Å²) in [6, 6.07) is 5.79. The minimum atomic E-state index is 0. The molecule has 20 heavy (non-hydrogen) atoms. The van der Waals surface area contributed by atoms with E-state index in [1.807, 2.05) is 18.2 Å². The van der Waals surface area contributed by atoms with Gasteiger partial charge < -0.3 is 15.4 Å². The molecule has 7 heteroatoms. The van der Waals surface area contributed by atoms with Crippen molar-refractivity contribution in [3.63, 3.8) is 0 Å². The Labute approximate surface area is 131 Å². The van der Waals surface area contributed by atoms with Gasteiger partial charge in [-0.1, -0.05) is 6.07 Å². The number of nitrogens with zero attached hydrogens (tertiary/aromatic N) is 1. The third-order valence-corrected chi connectivity index (χ3v) is 2.85. The van der Waals surface area contributed by atoms with Gasteiger partial charge in [0.15, 0.2) is 0 Å². The smallest absolute Gasteiger partial charge is 0.222 e. The summed E-state index contributed by atoms with van der Waals surface area (Å²) in [5, 5.41) is 6.10. The first-order chi connectivity index (χ1) is 8.84. The molecule has 114 valence electrons. The van der Waals surface area contributed by atoms with Crippen LogP contribution in [0.15, 0.2) is 24.4 Å². The van der Waals surface area contributed by atoms with E-state index in [4.69, 9.17) is 4.74 Å². The highest BCUT2D eigenvalue weighted by Crippen LogP contribution is 2.01. The summed E-state index contributed by atoms with van der Waals surface area (Å²) in [6.45, 7) is 2.94. The second kappa shape index (κ2) is 10.9. The SMILES string of the molecule is Cl.Cl.O=C(CC1CNCCO1)NCCc1ccccn1. The topological polar surface area (TPSA) is 63.2 Å². The zero-order valence-corrected chi connectivity index (χ0v) is 12.8. The van der Waals surface area contributed by atoms with E-state index in [9.17, 15) is 4.79 Å². The van der Waals surface area contributed by atoms with Gasteiger partial charge in [-0.2, -0.15) is 0 Å². The third-order valence-electron chi connectivity index (χ3n) is 2.85. The van der Waals surface area contributed by atoms with Crippen molar-refractivity contribution in [3.05, 3.63) is 30.1 Å². The summed E-state index contributed by atoms with van der Waals surface area (Å²) < 4.78 is 5.48. The van der Waals surface area contributed by atoms with Gasteiger partial charge in [-0.05, 0) is 12.1 Å². The summed E-state index contributed by atoms with van der Waals surface area (Å²) in [5.41, 5.74) is 0.994. The lowest BCUT2D eigenvalue weighted by molar-refractivity contribution is -0.124. The Hall–Kier alpha value is -0.880. The number of hydrogen-bond acceptors (Lipinski definition) is 4. The minimum Gasteiger partial charge on any atom is -0.375 e. The molecular weight excluding hydrogens is 301 g/mol. The number of halogens is 2. The van der Waals surface area contributed by atoms with Crippen LogP contribution in [0, 0.1) is 0 Å². The van der Waals surface area contributed by atoms with Gasteiger partial charge >= 0.3 is 0 Å². The van der Waals surface area contributed by atoms with Crippen LogP contribution in [0.25, 0.3) is 0 Å². The second-order valence-electron chi connectivity index (χ2n) is 4.32. The monoisotopic (exact) mass is 321 g/mol. The van der Waals surface area contributed by atoms with Crippen molar-refractivity contribution in [3.8, 4) is 0 Å². The summed E-state index contributed by atoms with van der Waals surface area (Å²) >= 11 is 0. The molecule has 0 bridgehead atoms. The number of aromatic nitrogens is 1. The molecule has 5 nitrogen and oxygen atoms in total. The fourth-order valence-electron chi connectivity index (χ4n) is 1.91. The van der Waals surface area contributed by atoms with Crippen molar-refractivity contribution in [2.75, 3.05) is 26.2 Å². The van der Waals surface area contributed by atoms with E-state index in [0.29, 0.717) is 19.6 Å². The number of amides is 1. The van der Waals surface area contributed by atoms with Crippen LogP contribution in [-0.4, -0.2) is 43.2 Å². The highest BCUT2D eigenvalue weighted by atomic mass is 35.5. The number of carbonyl (C=O) groups excluding carboxylic acids is 1. The molecule has 2 heterocycles. The second-order valence-corrected chi connectivity index (χ2v) is 4.32. The Balaban J connectivity index is 0.00000180. The number of morpholine rings is 1. The first-order valence-corrected chi connectivity index (χ1v) is 6.33. The van der Waals surface area contributed by atoms with E-state index < -0.39 is 0 Å². The Kier molecular flexibility index (Phi) is 10.4. The van der Waals surface area contributed by atoms with Crippen molar-refractivity contribution in [1.82, 2.24) is 15.6 Å². The molecule has 1 atom stereocenters. The zero-order chi connectivity index (χ0) is 12.6. The summed E-state index contributed by atoms with van der Waals surface area (Å²) in [5.74, 6) is 0.0413. The van der Waals surface area contributed by atoms with Crippen molar-refractivity contribution in [2.24, 2.45) is 0 Å². The van der Waals surface area contributed by atoms with Crippen LogP contribution < -0.4 is 10.6 Å². The van der Waals surface area contributed by atoms with Crippen molar-refractivity contribution in [2.45, 2.75) is 18.9 Å². The van der Waals surface area contributed by atoms with E-state index in [0.717, 1.165) is 25.2 Å². The Morgan fingerprint density at radius 3 is 2.95 bits per heavy atom. The third kappa shape index (κ3) is 7.05. The molecule has 2 N–H and O–H groups in total. The summed E-state index contributed by atoms with van der Waals surface area (Å²) in [6.07, 6.45) is 2.96. The maximum absolute atomic E-state index is 11.7. The van der Waals surface area contributed by atoms with E-state index in [1.54, 1.807) is 6.20 Å². The molecule has 1 saturated heterocycles. The standard InChI is InChI=1S/C13H19N3O2.2ClH/c17-13(9-12-10-14-7-8-18-12)16-6-4-11-3-1-2-5-15-11;;/h1-3,5,12,14H,4,6-10H2,(H,16,17);2*1H. The van der Waals surface area contributed by atoms with E-state index in [2.05, 4.69) is 15.6 Å². The van der Waals surface area contributed by atoms with E-state index >= 15 is 0 Å². The fraction of sp³-hybridized carbons (Fsp3) is 0.538. The van der Waals surface area contributed by atoms with Crippen LogP contribution in [0.3, 0.4) is 0 Å². The minimum absolute atomic E-state index is 0. The van der Waals surface area contributed by atoms with Crippen LogP contribution in [0.1, 0.15) is 12.1 Å². The van der Waals surface area contributed by atoms with E-state index in [1.165, 1.54) is 0 Å². The molecular formula is C13H21Cl2N3O2. The number of ether oxygens (including phenoxy) is 1. The van der Waals surface area contributed by atoms with Crippen molar-refractivity contribution < 1.29 is 9.53 Å². The predicted molar refractivity (Wildman–Crippen MR) is 82.7 cm³/mol. The van der Waals surface area contributed by atoms with Crippen molar-refractivity contribution in [1.29, 1.82) is 0 Å². The molecule has 1 aliphatic rings. The van der Waals surface area contributed by atoms with E-state index in [-0.39, 0.29) is 36.8 Å². The number of pyridine rings is 1. The van der Waals surface area contributed by atoms with Gasteiger partial charge in [0, 0.05) is 37.9 Å². The number of nitrogens with one attached hydrogen (secondary N) is 2. The van der Waals surface area contributed by atoms with Crippen LogP contribution in [0.2, 0.25) is 0 Å². The summed E-state index contributed by atoms with van der Waals surface area (Å²) in [4.78, 5) is 15.9. The Morgan fingerprint density at radius 2 is 2.30 bits per heavy atom. The molecule has 1 aromatic rings. The number of rotatable bonds is 5. The van der Waals surface area contributed by atoms with Crippen LogP contribution >= 0.6 is 24.8 Å². The predicted octanol–water partition coefficient (Wildman–Crippen LogP) is 0.962. The molecule has 0 radical (unpaired) electrons. The number of hydrogen-bond donors (Lipinski definition) is 2. The zero-order valence-electron chi connectivity index (χ0n) is 11.2. The highest BCUT2D eigenvalue weighted by Gasteiger charge is 2.16. The van der Waals surface area contributed by atoms with Crippen LogP contribution in [0.5, 0.6) is 0 Å². The molecule has 0 aromatic carbocycles. The van der Waals surface area contributed by atoms with Gasteiger partial charge in [-0.25, -0.2) is 0 Å². The highest BCUT2D eigenvalue weighted by molar-refractivity contribution is 5.85. The average molecular weight is 322 g/mol. The van der Waals surface area contributed by atoms with Crippen molar-refractivity contribution >= 4 is 30.7 Å². The largest absolute Gasteiger partial charge is 0.375 e. The maximum Gasteiger partial charge on any atom is 0.222 e. The number of carbonyl (C=O) groups is 1. The molecule has 2 rings (SSSR count). The molecule has 1 aromatic heterocycles. The summed E-state index contributed by atoms with van der Waals surface area (Å²) in [7, 11) is 0. The van der Waals surface area contributed by atoms with Crippen LogP contribution in [-0.2, 0) is 16.0 Å². The van der Waals surface area contributed by atoms with Gasteiger partial charge in [0.25, 0.3) is 0 Å². The van der Waals surface area contributed by atoms with Gasteiger partial charge in [0.1, 0.15) is 0 Å². The fourth-order valence-corrected chi connectivity index (χ4v) is 1.91. The molecule has 0 saturated carbocycles. The van der Waals surface area contributed by atoms with Crippen LogP contribution in [0.4, 0.5) is 0 Å². The molecule has 1 unspecified atom stereocenters. The average Bonchev–Trinajstić information content (AvgIpc) is 2.41. The van der Waals surface area contributed by atoms with Gasteiger partial charge in [0.2, 0.25) is 5.91 Å². The first kappa shape index (κ1) is 19.1. The van der Waals surface area contributed by atoms with Gasteiger partial charge in [0.05, 0.1) is 19.1 Å². The molecule has 1 amide bonds. The molecule has 0 spiro atoms. The molecule has 0 aliphatic carbocycles. The molecule has 1 fully saturated rings.